The number of rotatable bonds is 3. The molecular weight excluding hydrogens is 248 g/mol. The molecule has 19 heavy (non-hydrogen) atoms. The first-order valence-corrected chi connectivity index (χ1v) is 6.08. The Morgan fingerprint density at radius 2 is 2.21 bits per heavy atom. The zero-order valence-corrected chi connectivity index (χ0v) is 10.5. The summed E-state index contributed by atoms with van der Waals surface area (Å²) >= 11 is 0. The molecule has 0 aromatic heterocycles. The lowest BCUT2D eigenvalue weighted by Crippen LogP contribution is -2.28. The van der Waals surface area contributed by atoms with Crippen LogP contribution >= 0.6 is 0 Å². The summed E-state index contributed by atoms with van der Waals surface area (Å²) < 4.78 is 0. The summed E-state index contributed by atoms with van der Waals surface area (Å²) in [7, 11) is 0. The molecule has 3 N–H and O–H groups in total. The van der Waals surface area contributed by atoms with Crippen molar-refractivity contribution in [3.8, 4) is 0 Å². The van der Waals surface area contributed by atoms with Crippen LogP contribution < -0.4 is 11.1 Å². The Balaban J connectivity index is 2.11. The maximum atomic E-state index is 11.2. The fraction of sp³-hybridized carbons (Fsp3) is 0.417. The minimum absolute atomic E-state index is 0.0354. The molecule has 1 aliphatic heterocycles. The lowest BCUT2D eigenvalue weighted by Gasteiger charge is -2.19. The van der Waals surface area contributed by atoms with Crippen LogP contribution in [0.1, 0.15) is 12.0 Å². The number of nitro groups is 1. The quantitative estimate of drug-likeness (QED) is 0.470. The van der Waals surface area contributed by atoms with Gasteiger partial charge in [0.2, 0.25) is 5.91 Å². The molecule has 1 aliphatic rings. The van der Waals surface area contributed by atoms with E-state index < -0.39 is 4.92 Å². The lowest BCUT2D eigenvalue weighted by atomic mass is 10.1. The number of hydrogen-bond donors (Lipinski definition) is 2. The van der Waals surface area contributed by atoms with Gasteiger partial charge in [-0.15, -0.1) is 0 Å². The molecule has 0 spiro atoms. The molecule has 0 atom stereocenters. The molecular formula is C12H16N4O3. The lowest BCUT2D eigenvalue weighted by molar-refractivity contribution is -0.384. The van der Waals surface area contributed by atoms with Crippen molar-refractivity contribution < 1.29 is 9.72 Å². The number of nitrogen functional groups attached to an aromatic ring is 1. The van der Waals surface area contributed by atoms with E-state index in [2.05, 4.69) is 10.2 Å². The Labute approximate surface area is 110 Å². The third-order valence-corrected chi connectivity index (χ3v) is 3.14. The van der Waals surface area contributed by atoms with Gasteiger partial charge >= 0.3 is 0 Å². The summed E-state index contributed by atoms with van der Waals surface area (Å²) in [6.07, 6.45) is 0.439. The van der Waals surface area contributed by atoms with E-state index in [0.29, 0.717) is 38.3 Å². The van der Waals surface area contributed by atoms with Crippen molar-refractivity contribution in [3.05, 3.63) is 33.9 Å². The highest BCUT2D eigenvalue weighted by Gasteiger charge is 2.16. The number of nitrogens with one attached hydrogen (secondary N) is 1. The fourth-order valence-electron chi connectivity index (χ4n) is 2.05. The summed E-state index contributed by atoms with van der Waals surface area (Å²) in [5, 5.41) is 13.5. The Kier molecular flexibility index (Phi) is 3.96. The standard InChI is InChI=1S/C12H16N4O3/c13-11-2-1-10(16(18)19)7-9(11)8-15-5-3-12(17)14-4-6-15/h1-2,7H,3-6,8,13H2,(H,14,17). The number of carbonyl (C=O) groups is 1. The largest absolute Gasteiger partial charge is 0.398 e. The number of anilines is 1. The Hall–Kier alpha value is -2.15. The van der Waals surface area contributed by atoms with E-state index in [1.807, 2.05) is 0 Å². The average Bonchev–Trinajstić information content (AvgIpc) is 2.57. The van der Waals surface area contributed by atoms with E-state index >= 15 is 0 Å². The number of nitrogens with two attached hydrogens (primary N) is 1. The fourth-order valence-corrected chi connectivity index (χ4v) is 2.05. The maximum absolute atomic E-state index is 11.2. The van der Waals surface area contributed by atoms with Crippen LogP contribution in [-0.4, -0.2) is 35.4 Å². The highest BCUT2D eigenvalue weighted by atomic mass is 16.6. The summed E-state index contributed by atoms with van der Waals surface area (Å²) in [5.74, 6) is 0.0366. The van der Waals surface area contributed by atoms with Gasteiger partial charge in [0.1, 0.15) is 0 Å². The molecule has 1 amide bonds. The van der Waals surface area contributed by atoms with Gasteiger partial charge in [-0.2, -0.15) is 0 Å². The van der Waals surface area contributed by atoms with E-state index in [1.54, 1.807) is 6.07 Å². The number of non-ortho nitro benzene ring substituents is 1. The predicted molar refractivity (Wildman–Crippen MR) is 70.4 cm³/mol. The molecule has 2 rings (SSSR count). The zero-order chi connectivity index (χ0) is 13.8. The average molecular weight is 264 g/mol. The van der Waals surface area contributed by atoms with Gasteiger partial charge in [0.15, 0.2) is 0 Å². The van der Waals surface area contributed by atoms with Crippen molar-refractivity contribution in [2.24, 2.45) is 0 Å². The van der Waals surface area contributed by atoms with E-state index in [1.165, 1.54) is 12.1 Å². The predicted octanol–water partition coefficient (Wildman–Crippen LogP) is 0.499. The molecule has 1 heterocycles. The summed E-state index contributed by atoms with van der Waals surface area (Å²) in [5.41, 5.74) is 7.14. The molecule has 0 unspecified atom stereocenters. The summed E-state index contributed by atoms with van der Waals surface area (Å²) in [6, 6.07) is 4.44. The number of nitro benzene ring substituents is 1. The van der Waals surface area contributed by atoms with E-state index in [4.69, 9.17) is 5.73 Å². The van der Waals surface area contributed by atoms with Crippen LogP contribution in [0, 0.1) is 10.1 Å². The van der Waals surface area contributed by atoms with Gasteiger partial charge < -0.3 is 11.1 Å². The van der Waals surface area contributed by atoms with Crippen LogP contribution in [0.15, 0.2) is 18.2 Å². The van der Waals surface area contributed by atoms with Gasteiger partial charge in [-0.1, -0.05) is 0 Å². The number of hydrogen-bond acceptors (Lipinski definition) is 5. The summed E-state index contributed by atoms with van der Waals surface area (Å²) in [6.45, 7) is 2.46. The first kappa shape index (κ1) is 13.3. The van der Waals surface area contributed by atoms with Gasteiger partial charge in [0.25, 0.3) is 5.69 Å². The Morgan fingerprint density at radius 1 is 1.42 bits per heavy atom. The third kappa shape index (κ3) is 3.41. The topological polar surface area (TPSA) is 102 Å². The Morgan fingerprint density at radius 3 is 2.95 bits per heavy atom. The van der Waals surface area contributed by atoms with Crippen LogP contribution in [-0.2, 0) is 11.3 Å². The second kappa shape index (κ2) is 5.66. The molecule has 1 fully saturated rings. The smallest absolute Gasteiger partial charge is 0.269 e. The van der Waals surface area contributed by atoms with E-state index in [-0.39, 0.29) is 11.6 Å². The van der Waals surface area contributed by atoms with Crippen molar-refractivity contribution in [3.63, 3.8) is 0 Å². The monoisotopic (exact) mass is 264 g/mol. The third-order valence-electron chi connectivity index (χ3n) is 3.14. The van der Waals surface area contributed by atoms with Gasteiger partial charge in [0.05, 0.1) is 4.92 Å². The number of benzene rings is 1. The van der Waals surface area contributed by atoms with Crippen molar-refractivity contribution in [1.29, 1.82) is 0 Å². The number of carbonyl (C=O) groups excluding carboxylic acids is 1. The van der Waals surface area contributed by atoms with Gasteiger partial charge in [-0.25, -0.2) is 0 Å². The normalized spacial score (nSPS) is 16.7. The van der Waals surface area contributed by atoms with Crippen molar-refractivity contribution in [2.75, 3.05) is 25.4 Å². The van der Waals surface area contributed by atoms with Gasteiger partial charge in [-0.05, 0) is 11.6 Å². The molecule has 0 aliphatic carbocycles. The molecule has 1 saturated heterocycles. The molecule has 7 heteroatoms. The van der Waals surface area contributed by atoms with Crippen LogP contribution in [0.5, 0.6) is 0 Å². The Bertz CT molecular complexity index is 504. The van der Waals surface area contributed by atoms with E-state index in [9.17, 15) is 14.9 Å². The SMILES string of the molecule is Nc1ccc([N+](=O)[O-])cc1CN1CCNC(=O)CC1. The highest BCUT2D eigenvalue weighted by molar-refractivity contribution is 5.76. The van der Waals surface area contributed by atoms with Crippen LogP contribution in [0.25, 0.3) is 0 Å². The van der Waals surface area contributed by atoms with Crippen LogP contribution in [0.4, 0.5) is 11.4 Å². The maximum Gasteiger partial charge on any atom is 0.269 e. The van der Waals surface area contributed by atoms with Crippen molar-refractivity contribution in [1.82, 2.24) is 10.2 Å². The minimum Gasteiger partial charge on any atom is -0.398 e. The minimum atomic E-state index is -0.434. The van der Waals surface area contributed by atoms with E-state index in [0.717, 1.165) is 5.56 Å². The summed E-state index contributed by atoms with van der Waals surface area (Å²) in [4.78, 5) is 23.6. The van der Waals surface area contributed by atoms with Crippen LogP contribution in [0.2, 0.25) is 0 Å². The highest BCUT2D eigenvalue weighted by Crippen LogP contribution is 2.21. The molecule has 1 aromatic carbocycles. The number of amides is 1. The molecule has 1 aromatic rings. The first-order valence-electron chi connectivity index (χ1n) is 6.08. The second-order valence-corrected chi connectivity index (χ2v) is 4.52. The van der Waals surface area contributed by atoms with Gasteiger partial charge in [0, 0.05) is 50.4 Å². The van der Waals surface area contributed by atoms with Crippen molar-refractivity contribution >= 4 is 17.3 Å². The molecule has 0 saturated carbocycles. The molecule has 102 valence electrons. The zero-order valence-electron chi connectivity index (χ0n) is 10.5. The first-order chi connectivity index (χ1) is 9.06. The van der Waals surface area contributed by atoms with Crippen LogP contribution in [0.3, 0.4) is 0 Å². The molecule has 0 bridgehead atoms. The van der Waals surface area contributed by atoms with Crippen molar-refractivity contribution in [2.45, 2.75) is 13.0 Å². The molecule has 7 nitrogen and oxygen atoms in total. The molecule has 0 radical (unpaired) electrons. The van der Waals surface area contributed by atoms with Gasteiger partial charge in [-0.3, -0.25) is 19.8 Å². The second-order valence-electron chi connectivity index (χ2n) is 4.52. The number of nitrogens with zero attached hydrogens (tertiary/aromatic N) is 2.